The van der Waals surface area contributed by atoms with Crippen molar-refractivity contribution in [2.75, 3.05) is 5.75 Å². The van der Waals surface area contributed by atoms with Crippen molar-refractivity contribution >= 4 is 17.5 Å². The van der Waals surface area contributed by atoms with Gasteiger partial charge in [0.2, 0.25) is 0 Å². The molecule has 110 valence electrons. The van der Waals surface area contributed by atoms with Crippen molar-refractivity contribution < 1.29 is 18.0 Å². The van der Waals surface area contributed by atoms with Gasteiger partial charge in [0.1, 0.15) is 0 Å². The lowest BCUT2D eigenvalue weighted by Crippen LogP contribution is -2.14. The van der Waals surface area contributed by atoms with Crippen LogP contribution in [-0.4, -0.2) is 11.5 Å². The maximum atomic E-state index is 12.9. The second-order valence-corrected chi connectivity index (χ2v) is 5.54. The monoisotopic (exact) mass is 310 g/mol. The molecule has 2 aromatic rings. The second kappa shape index (κ2) is 6.35. The largest absolute Gasteiger partial charge is 0.417 e. The van der Waals surface area contributed by atoms with E-state index in [1.54, 1.807) is 0 Å². The number of carbonyl (C=O) groups is 1. The minimum absolute atomic E-state index is 0.0159. The van der Waals surface area contributed by atoms with Crippen LogP contribution < -0.4 is 0 Å². The van der Waals surface area contributed by atoms with Gasteiger partial charge in [0.05, 0.1) is 11.3 Å². The van der Waals surface area contributed by atoms with Gasteiger partial charge in [-0.15, -0.1) is 11.8 Å². The molecular formula is C16H13F3OS. The summed E-state index contributed by atoms with van der Waals surface area (Å²) < 4.78 is 38.6. The van der Waals surface area contributed by atoms with E-state index in [1.165, 1.54) is 30.0 Å². The molecule has 0 spiro atoms. The number of carbonyl (C=O) groups excluding carboxylic acids is 1. The number of benzene rings is 2. The molecule has 5 heteroatoms. The van der Waals surface area contributed by atoms with E-state index in [-0.39, 0.29) is 11.3 Å². The van der Waals surface area contributed by atoms with Crippen molar-refractivity contribution in [3.63, 3.8) is 0 Å². The fourth-order valence-corrected chi connectivity index (χ4v) is 2.83. The third kappa shape index (κ3) is 3.88. The van der Waals surface area contributed by atoms with E-state index >= 15 is 0 Å². The smallest absolute Gasteiger partial charge is 0.293 e. The van der Waals surface area contributed by atoms with E-state index in [2.05, 4.69) is 0 Å². The van der Waals surface area contributed by atoms with E-state index in [1.807, 2.05) is 31.2 Å². The van der Waals surface area contributed by atoms with Crippen LogP contribution in [0, 0.1) is 6.92 Å². The van der Waals surface area contributed by atoms with Crippen LogP contribution in [0.1, 0.15) is 21.5 Å². The number of Topliss-reactive ketones (excluding diaryl/α,β-unsaturated/α-hetero) is 1. The van der Waals surface area contributed by atoms with Gasteiger partial charge in [-0.25, -0.2) is 0 Å². The summed E-state index contributed by atoms with van der Waals surface area (Å²) in [5.74, 6) is -0.533. The van der Waals surface area contributed by atoms with Crippen LogP contribution in [0.2, 0.25) is 0 Å². The molecule has 0 unspecified atom stereocenters. The Hall–Kier alpha value is -1.75. The number of ketones is 1. The first-order chi connectivity index (χ1) is 9.89. The highest BCUT2D eigenvalue weighted by molar-refractivity contribution is 8.00. The van der Waals surface area contributed by atoms with E-state index in [4.69, 9.17) is 0 Å². The van der Waals surface area contributed by atoms with Crippen molar-refractivity contribution in [1.29, 1.82) is 0 Å². The predicted molar refractivity (Wildman–Crippen MR) is 77.7 cm³/mol. The highest BCUT2D eigenvalue weighted by atomic mass is 32.2. The van der Waals surface area contributed by atoms with Crippen molar-refractivity contribution in [3.8, 4) is 0 Å². The minimum atomic E-state index is -4.51. The average Bonchev–Trinajstić information content (AvgIpc) is 2.45. The standard InChI is InChI=1S/C16H13F3OS/c1-11-6-2-5-9-15(11)21-10-14(20)12-7-3-4-8-13(12)16(17,18)19/h2-9H,10H2,1H3. The van der Waals surface area contributed by atoms with Crippen molar-refractivity contribution in [3.05, 3.63) is 65.2 Å². The molecule has 2 rings (SSSR count). The molecule has 1 nitrogen and oxygen atoms in total. The summed E-state index contributed by atoms with van der Waals surface area (Å²) >= 11 is 1.25. The summed E-state index contributed by atoms with van der Waals surface area (Å²) in [5.41, 5.74) is -0.147. The molecule has 0 saturated heterocycles. The SMILES string of the molecule is Cc1ccccc1SCC(=O)c1ccccc1C(F)(F)F. The molecule has 0 heterocycles. The van der Waals surface area contributed by atoms with Crippen LogP contribution in [0.3, 0.4) is 0 Å². The minimum Gasteiger partial charge on any atom is -0.293 e. The Kier molecular flexibility index (Phi) is 4.73. The Bertz CT molecular complexity index is 650. The van der Waals surface area contributed by atoms with Crippen molar-refractivity contribution in [2.45, 2.75) is 18.0 Å². The zero-order chi connectivity index (χ0) is 15.5. The topological polar surface area (TPSA) is 17.1 Å². The maximum Gasteiger partial charge on any atom is 0.417 e. The lowest BCUT2D eigenvalue weighted by Gasteiger charge is -2.12. The summed E-state index contributed by atoms with van der Waals surface area (Å²) in [4.78, 5) is 13.0. The second-order valence-electron chi connectivity index (χ2n) is 4.52. The summed E-state index contributed by atoms with van der Waals surface area (Å²) in [6, 6.07) is 12.4. The molecule has 0 atom stereocenters. The molecule has 0 aromatic heterocycles. The van der Waals surface area contributed by atoms with Gasteiger partial charge in [0.25, 0.3) is 0 Å². The lowest BCUT2D eigenvalue weighted by molar-refractivity contribution is -0.137. The van der Waals surface area contributed by atoms with Gasteiger partial charge < -0.3 is 0 Å². The number of hydrogen-bond acceptors (Lipinski definition) is 2. The van der Waals surface area contributed by atoms with Crippen molar-refractivity contribution in [2.24, 2.45) is 0 Å². The van der Waals surface area contributed by atoms with E-state index in [0.717, 1.165) is 16.5 Å². The van der Waals surface area contributed by atoms with Crippen molar-refractivity contribution in [1.82, 2.24) is 0 Å². The van der Waals surface area contributed by atoms with Crippen LogP contribution in [0.5, 0.6) is 0 Å². The summed E-state index contributed by atoms with van der Waals surface area (Å²) in [6.45, 7) is 1.90. The maximum absolute atomic E-state index is 12.9. The molecule has 0 saturated carbocycles. The summed E-state index contributed by atoms with van der Waals surface area (Å²) in [7, 11) is 0. The Balaban J connectivity index is 2.17. The van der Waals surface area contributed by atoms with E-state index in [0.29, 0.717) is 0 Å². The van der Waals surface area contributed by atoms with Crippen LogP contribution in [0.15, 0.2) is 53.4 Å². The number of hydrogen-bond donors (Lipinski definition) is 0. The molecule has 2 aromatic carbocycles. The fourth-order valence-electron chi connectivity index (χ4n) is 1.91. The quantitative estimate of drug-likeness (QED) is 0.584. The first-order valence-electron chi connectivity index (χ1n) is 6.27. The van der Waals surface area contributed by atoms with E-state index in [9.17, 15) is 18.0 Å². The normalized spacial score (nSPS) is 11.4. The number of rotatable bonds is 4. The Morgan fingerprint density at radius 2 is 1.67 bits per heavy atom. The van der Waals surface area contributed by atoms with Gasteiger partial charge in [-0.1, -0.05) is 36.4 Å². The lowest BCUT2D eigenvalue weighted by atomic mass is 10.0. The van der Waals surface area contributed by atoms with Gasteiger partial charge >= 0.3 is 6.18 Å². The zero-order valence-electron chi connectivity index (χ0n) is 11.3. The molecule has 0 aliphatic carbocycles. The molecule has 0 fully saturated rings. The third-order valence-corrected chi connectivity index (χ3v) is 4.16. The molecule has 0 N–H and O–H groups in total. The Labute approximate surface area is 125 Å². The van der Waals surface area contributed by atoms with E-state index < -0.39 is 17.5 Å². The fraction of sp³-hybridized carbons (Fsp3) is 0.188. The molecule has 0 aliphatic heterocycles. The molecule has 21 heavy (non-hydrogen) atoms. The van der Waals surface area contributed by atoms with Gasteiger partial charge in [-0.3, -0.25) is 4.79 Å². The van der Waals surface area contributed by atoms with Crippen LogP contribution in [0.25, 0.3) is 0 Å². The zero-order valence-corrected chi connectivity index (χ0v) is 12.1. The average molecular weight is 310 g/mol. The Morgan fingerprint density at radius 1 is 1.05 bits per heavy atom. The van der Waals surface area contributed by atoms with Gasteiger partial charge in [-0.2, -0.15) is 13.2 Å². The van der Waals surface area contributed by atoms with Gasteiger partial charge in [0.15, 0.2) is 5.78 Å². The number of alkyl halides is 3. The third-order valence-electron chi connectivity index (χ3n) is 2.99. The highest BCUT2D eigenvalue weighted by Gasteiger charge is 2.34. The number of aryl methyl sites for hydroxylation is 1. The first-order valence-corrected chi connectivity index (χ1v) is 7.26. The molecular weight excluding hydrogens is 297 g/mol. The molecule has 0 amide bonds. The predicted octanol–water partition coefficient (Wildman–Crippen LogP) is 4.99. The summed E-state index contributed by atoms with van der Waals surface area (Å²) in [5, 5.41) is 0. The number of thioether (sulfide) groups is 1. The van der Waals surface area contributed by atoms with Gasteiger partial charge in [0, 0.05) is 10.5 Å². The first kappa shape index (κ1) is 15.6. The molecule has 0 bridgehead atoms. The Morgan fingerprint density at radius 3 is 2.33 bits per heavy atom. The highest BCUT2D eigenvalue weighted by Crippen LogP contribution is 2.33. The molecule has 0 radical (unpaired) electrons. The van der Waals surface area contributed by atoms with Crippen LogP contribution in [-0.2, 0) is 6.18 Å². The summed E-state index contributed by atoms with van der Waals surface area (Å²) in [6.07, 6.45) is -4.51. The van der Waals surface area contributed by atoms with Crippen LogP contribution >= 0.6 is 11.8 Å². The van der Waals surface area contributed by atoms with Crippen LogP contribution in [0.4, 0.5) is 13.2 Å². The molecule has 0 aliphatic rings. The number of halogens is 3. The van der Waals surface area contributed by atoms with Gasteiger partial charge in [-0.05, 0) is 24.6 Å².